The van der Waals surface area contributed by atoms with Gasteiger partial charge in [-0.05, 0) is 42.0 Å². The zero-order valence-electron chi connectivity index (χ0n) is 18.9. The van der Waals surface area contributed by atoms with Gasteiger partial charge in [0, 0.05) is 36.0 Å². The van der Waals surface area contributed by atoms with Gasteiger partial charge in [0.05, 0.1) is 37.4 Å². The Bertz CT molecular complexity index is 1420. The van der Waals surface area contributed by atoms with Crippen LogP contribution in [0.2, 0.25) is 0 Å². The largest absolute Gasteiger partial charge is 0.493 e. The van der Waals surface area contributed by atoms with Crippen molar-refractivity contribution in [2.24, 2.45) is 0 Å². The van der Waals surface area contributed by atoms with Crippen LogP contribution in [0.1, 0.15) is 26.4 Å². The van der Waals surface area contributed by atoms with E-state index in [-0.39, 0.29) is 11.7 Å². The highest BCUT2D eigenvalue weighted by molar-refractivity contribution is 7.13. The van der Waals surface area contributed by atoms with Gasteiger partial charge < -0.3 is 14.5 Å². The van der Waals surface area contributed by atoms with Gasteiger partial charge in [-0.1, -0.05) is 0 Å². The van der Waals surface area contributed by atoms with Gasteiger partial charge in [-0.25, -0.2) is 9.97 Å². The molecule has 2 aliphatic rings. The average molecular weight is 490 g/mol. The molecule has 1 amide bonds. The maximum atomic E-state index is 12.8. The molecule has 0 radical (unpaired) electrons. The van der Waals surface area contributed by atoms with Crippen LogP contribution in [0.15, 0.2) is 41.8 Å². The van der Waals surface area contributed by atoms with E-state index in [0.29, 0.717) is 54.6 Å². The third-order valence-electron chi connectivity index (χ3n) is 6.18. The van der Waals surface area contributed by atoms with Gasteiger partial charge in [0.1, 0.15) is 16.5 Å². The van der Waals surface area contributed by atoms with E-state index in [2.05, 4.69) is 31.2 Å². The van der Waals surface area contributed by atoms with Crippen molar-refractivity contribution in [3.8, 4) is 16.3 Å². The molecule has 0 aliphatic carbocycles. The number of imidazole rings is 1. The number of thiazole rings is 1. The number of carbonyl (C=O) groups is 2. The van der Waals surface area contributed by atoms with E-state index in [4.69, 9.17) is 9.47 Å². The summed E-state index contributed by atoms with van der Waals surface area (Å²) in [5, 5.41) is 5.29. The monoisotopic (exact) mass is 489 g/mol. The number of rotatable bonds is 6. The van der Waals surface area contributed by atoms with Crippen molar-refractivity contribution in [2.45, 2.75) is 6.42 Å². The molecule has 2 aromatic carbocycles. The summed E-state index contributed by atoms with van der Waals surface area (Å²) in [5.41, 5.74) is 4.41. The second-order valence-electron chi connectivity index (χ2n) is 8.54. The van der Waals surface area contributed by atoms with Crippen LogP contribution in [-0.2, 0) is 11.2 Å². The van der Waals surface area contributed by atoms with Crippen LogP contribution in [0, 0.1) is 0 Å². The van der Waals surface area contributed by atoms with Crippen LogP contribution < -0.4 is 10.1 Å². The molecule has 9 nitrogen and oxygen atoms in total. The Morgan fingerprint density at radius 3 is 2.86 bits per heavy atom. The summed E-state index contributed by atoms with van der Waals surface area (Å²) in [4.78, 5) is 39.6. The van der Waals surface area contributed by atoms with Crippen molar-refractivity contribution >= 4 is 40.0 Å². The molecule has 35 heavy (non-hydrogen) atoms. The van der Waals surface area contributed by atoms with Gasteiger partial charge in [0.25, 0.3) is 5.91 Å². The van der Waals surface area contributed by atoms with Crippen molar-refractivity contribution < 1.29 is 19.1 Å². The predicted molar refractivity (Wildman–Crippen MR) is 132 cm³/mol. The van der Waals surface area contributed by atoms with E-state index in [1.807, 2.05) is 12.1 Å². The third-order valence-corrected chi connectivity index (χ3v) is 7.07. The first-order valence-corrected chi connectivity index (χ1v) is 12.4. The van der Waals surface area contributed by atoms with Crippen molar-refractivity contribution in [3.05, 3.63) is 58.6 Å². The molecule has 1 fully saturated rings. The number of anilines is 1. The minimum Gasteiger partial charge on any atom is -0.493 e. The Hall–Kier alpha value is -3.60. The smallest absolute Gasteiger partial charge is 0.277 e. The molecule has 2 aromatic heterocycles. The molecule has 0 spiro atoms. The van der Waals surface area contributed by atoms with Gasteiger partial charge in [0.15, 0.2) is 5.78 Å². The zero-order valence-corrected chi connectivity index (χ0v) is 19.7. The van der Waals surface area contributed by atoms with Gasteiger partial charge in [-0.3, -0.25) is 19.8 Å². The molecule has 0 bridgehead atoms. The Kier molecular flexibility index (Phi) is 5.77. The summed E-state index contributed by atoms with van der Waals surface area (Å²) < 4.78 is 10.9. The quantitative estimate of drug-likeness (QED) is 0.400. The minimum atomic E-state index is -0.348. The highest BCUT2D eigenvalue weighted by Gasteiger charge is 2.19. The first-order chi connectivity index (χ1) is 17.1. The van der Waals surface area contributed by atoms with Crippen LogP contribution in [0.25, 0.3) is 21.6 Å². The van der Waals surface area contributed by atoms with Crippen LogP contribution in [0.5, 0.6) is 5.75 Å². The molecular formula is C25H23N5O4S. The van der Waals surface area contributed by atoms with Crippen LogP contribution >= 0.6 is 11.3 Å². The van der Waals surface area contributed by atoms with Crippen LogP contribution in [0.4, 0.5) is 5.95 Å². The third kappa shape index (κ3) is 4.55. The number of benzene rings is 2. The second-order valence-corrected chi connectivity index (χ2v) is 9.40. The number of hydrogen-bond donors (Lipinski definition) is 2. The number of amides is 1. The zero-order chi connectivity index (χ0) is 23.8. The number of morpholine rings is 1. The highest BCUT2D eigenvalue weighted by atomic mass is 32.1. The van der Waals surface area contributed by atoms with Gasteiger partial charge in [-0.15, -0.1) is 11.3 Å². The molecule has 4 heterocycles. The molecule has 0 unspecified atom stereocenters. The number of nitrogens with one attached hydrogen (secondary N) is 2. The van der Waals surface area contributed by atoms with Crippen LogP contribution in [0.3, 0.4) is 0 Å². The van der Waals surface area contributed by atoms with E-state index in [1.165, 1.54) is 11.3 Å². The standard InChI is InChI=1S/C25H23N5O4S/c31-21(13-30-6-9-33-10-7-30)15-1-3-18-19(12-15)28-25(27-18)29-23(32)20-14-35-24(26-20)17-2-4-22-16(11-17)5-8-34-22/h1-4,11-12,14H,5-10,13H2,(H2,27,28,29,32). The summed E-state index contributed by atoms with van der Waals surface area (Å²) in [5.74, 6) is 0.924. The molecule has 2 aliphatic heterocycles. The number of ketones is 1. The second kappa shape index (κ2) is 9.21. The normalized spacial score (nSPS) is 15.7. The summed E-state index contributed by atoms with van der Waals surface area (Å²) in [7, 11) is 0. The predicted octanol–water partition coefficient (Wildman–Crippen LogP) is 3.39. The molecule has 178 valence electrons. The summed E-state index contributed by atoms with van der Waals surface area (Å²) in [6.07, 6.45) is 0.883. The molecule has 0 saturated carbocycles. The van der Waals surface area contributed by atoms with Gasteiger partial charge in [-0.2, -0.15) is 0 Å². The molecule has 0 atom stereocenters. The number of hydrogen-bond acceptors (Lipinski definition) is 8. The van der Waals surface area contributed by atoms with Crippen molar-refractivity contribution in [3.63, 3.8) is 0 Å². The van der Waals surface area contributed by atoms with Crippen molar-refractivity contribution in [1.82, 2.24) is 19.9 Å². The maximum Gasteiger partial charge on any atom is 0.277 e. The molecule has 4 aromatic rings. The molecule has 2 N–H and O–H groups in total. The van der Waals surface area contributed by atoms with Gasteiger partial charge in [0.2, 0.25) is 5.95 Å². The lowest BCUT2D eigenvalue weighted by Crippen LogP contribution is -2.39. The number of aromatic nitrogens is 3. The topological polar surface area (TPSA) is 109 Å². The van der Waals surface area contributed by atoms with Crippen molar-refractivity contribution in [1.29, 1.82) is 0 Å². The van der Waals surface area contributed by atoms with Crippen molar-refractivity contribution in [2.75, 3.05) is 44.8 Å². The Morgan fingerprint density at radius 2 is 1.97 bits per heavy atom. The SMILES string of the molecule is O=C(CN1CCOCC1)c1ccc2nc(NC(=O)c3csc(-c4ccc5c(c4)CCO5)n3)[nH]c2c1. The summed E-state index contributed by atoms with van der Waals surface area (Å²) in [6.45, 7) is 3.87. The molecule has 10 heteroatoms. The lowest BCUT2D eigenvalue weighted by atomic mass is 10.1. The first-order valence-electron chi connectivity index (χ1n) is 11.5. The number of H-pyrrole nitrogens is 1. The average Bonchev–Trinajstić information content (AvgIpc) is 3.62. The Balaban J connectivity index is 1.15. The minimum absolute atomic E-state index is 0.0436. The van der Waals surface area contributed by atoms with E-state index in [0.717, 1.165) is 41.4 Å². The maximum absolute atomic E-state index is 12.8. The summed E-state index contributed by atoms with van der Waals surface area (Å²) >= 11 is 1.42. The number of aromatic amines is 1. The highest BCUT2D eigenvalue weighted by Crippen LogP contribution is 2.32. The molecule has 6 rings (SSSR count). The number of Topliss-reactive ketones (excluding diaryl/α,β-unsaturated/α-hetero) is 1. The Labute approximate surface area is 205 Å². The summed E-state index contributed by atoms with van der Waals surface area (Å²) in [6, 6.07) is 11.3. The number of carbonyl (C=O) groups excluding carboxylic acids is 2. The van der Waals surface area contributed by atoms with Gasteiger partial charge >= 0.3 is 0 Å². The number of nitrogens with zero attached hydrogens (tertiary/aromatic N) is 3. The first kappa shape index (κ1) is 21.9. The van der Waals surface area contributed by atoms with E-state index < -0.39 is 0 Å². The Morgan fingerprint density at radius 1 is 1.09 bits per heavy atom. The fourth-order valence-corrected chi connectivity index (χ4v) is 5.09. The lowest BCUT2D eigenvalue weighted by molar-refractivity contribution is 0.0371. The van der Waals surface area contributed by atoms with E-state index in [9.17, 15) is 9.59 Å². The van der Waals surface area contributed by atoms with E-state index in [1.54, 1.807) is 23.6 Å². The fourth-order valence-electron chi connectivity index (χ4n) is 4.30. The number of ether oxygens (including phenoxy) is 2. The fraction of sp³-hybridized carbons (Fsp3) is 0.280. The van der Waals surface area contributed by atoms with Crippen LogP contribution in [-0.4, -0.2) is 71.0 Å². The molecular weight excluding hydrogens is 466 g/mol. The molecule has 1 saturated heterocycles. The number of fused-ring (bicyclic) bond motifs is 2. The lowest BCUT2D eigenvalue weighted by Gasteiger charge is -2.25. The van der Waals surface area contributed by atoms with E-state index >= 15 is 0 Å².